The summed E-state index contributed by atoms with van der Waals surface area (Å²) in [5.41, 5.74) is 0. The van der Waals surface area contributed by atoms with Gasteiger partial charge in [0, 0.05) is 32.8 Å². The summed E-state index contributed by atoms with van der Waals surface area (Å²) in [4.78, 5) is 4.34. The Kier molecular flexibility index (Phi) is 8.37. The first kappa shape index (κ1) is 15.7. The van der Waals surface area contributed by atoms with E-state index in [0.29, 0.717) is 6.10 Å². The third-order valence-corrected chi connectivity index (χ3v) is 2.98. The van der Waals surface area contributed by atoms with Crippen molar-refractivity contribution in [2.24, 2.45) is 4.99 Å². The van der Waals surface area contributed by atoms with Crippen molar-refractivity contribution in [1.29, 1.82) is 0 Å². The van der Waals surface area contributed by atoms with Crippen LogP contribution in [-0.4, -0.2) is 51.5 Å². The van der Waals surface area contributed by atoms with Crippen LogP contribution in [0.2, 0.25) is 0 Å². The summed E-state index contributed by atoms with van der Waals surface area (Å²) in [5, 5.41) is 6.51. The van der Waals surface area contributed by atoms with Gasteiger partial charge >= 0.3 is 0 Å². The van der Waals surface area contributed by atoms with E-state index in [-0.39, 0.29) is 17.0 Å². The summed E-state index contributed by atoms with van der Waals surface area (Å²) in [6.45, 7) is 5.32. The van der Waals surface area contributed by atoms with Gasteiger partial charge in [0.1, 0.15) is 0 Å². The lowest BCUT2D eigenvalue weighted by atomic mass is 10.2. The first-order valence-electron chi connectivity index (χ1n) is 6.67. The molecule has 0 saturated carbocycles. The molecule has 1 fully saturated rings. The number of ether oxygens (including phenoxy) is 2. The molecule has 2 N–H and O–H groups in total. The van der Waals surface area contributed by atoms with Gasteiger partial charge in [-0.25, -0.2) is 0 Å². The fraction of sp³-hybridized carbons (Fsp3) is 0.917. The van der Waals surface area contributed by atoms with Gasteiger partial charge in [-0.1, -0.05) is 0 Å². The highest BCUT2D eigenvalue weighted by Crippen LogP contribution is 2.11. The Labute approximate surface area is 119 Å². The second-order valence-corrected chi connectivity index (χ2v) is 4.50. The van der Waals surface area contributed by atoms with Crippen molar-refractivity contribution in [2.75, 3.05) is 39.5 Å². The van der Waals surface area contributed by atoms with E-state index in [9.17, 15) is 0 Å². The van der Waals surface area contributed by atoms with Crippen LogP contribution >= 0.6 is 17.0 Å². The van der Waals surface area contributed by atoms with Gasteiger partial charge in [-0.05, 0) is 25.7 Å². The van der Waals surface area contributed by atoms with Crippen molar-refractivity contribution in [3.8, 4) is 0 Å². The van der Waals surface area contributed by atoms with Gasteiger partial charge in [-0.15, -0.1) is 17.0 Å². The maximum atomic E-state index is 5.58. The number of nitrogens with one attached hydrogen (secondary N) is 2. The molecule has 0 aromatic rings. The van der Waals surface area contributed by atoms with Crippen LogP contribution < -0.4 is 10.6 Å². The van der Waals surface area contributed by atoms with Gasteiger partial charge < -0.3 is 20.1 Å². The first-order chi connectivity index (χ1) is 8.45. The summed E-state index contributed by atoms with van der Waals surface area (Å²) in [7, 11) is 0. The van der Waals surface area contributed by atoms with Crippen molar-refractivity contribution >= 4 is 22.9 Å². The summed E-state index contributed by atoms with van der Waals surface area (Å²) in [6.07, 6.45) is 4.82. The first-order valence-corrected chi connectivity index (χ1v) is 6.67. The second-order valence-electron chi connectivity index (χ2n) is 4.50. The maximum Gasteiger partial charge on any atom is 0.191 e. The molecule has 2 heterocycles. The predicted molar refractivity (Wildman–Crippen MR) is 77.7 cm³/mol. The van der Waals surface area contributed by atoms with Crippen LogP contribution in [-0.2, 0) is 9.47 Å². The van der Waals surface area contributed by atoms with Crippen LogP contribution in [0, 0.1) is 0 Å². The summed E-state index contributed by atoms with van der Waals surface area (Å²) in [6, 6.07) is 0. The summed E-state index contributed by atoms with van der Waals surface area (Å²) >= 11 is 0. The normalized spacial score (nSPS) is 22.9. The zero-order valence-electron chi connectivity index (χ0n) is 10.8. The number of halogens is 1. The highest BCUT2D eigenvalue weighted by atomic mass is 79.9. The smallest absolute Gasteiger partial charge is 0.191 e. The lowest BCUT2D eigenvalue weighted by Crippen LogP contribution is -2.41. The van der Waals surface area contributed by atoms with E-state index in [1.165, 1.54) is 6.42 Å². The zero-order chi connectivity index (χ0) is 11.8. The van der Waals surface area contributed by atoms with Crippen LogP contribution in [0.1, 0.15) is 25.7 Å². The SMILES string of the molecule is Br.C1CN=C(NCCCOCC2CCCO2)NC1. The number of hydrogen-bond donors (Lipinski definition) is 2. The number of guanidine groups is 1. The standard InChI is InChI=1S/C12H23N3O2.BrH/c1-4-11(17-9-1)10-16-8-3-7-15-12-13-5-2-6-14-12;/h11H,1-10H2,(H2,13,14,15);1H. The molecule has 1 atom stereocenters. The fourth-order valence-corrected chi connectivity index (χ4v) is 2.02. The van der Waals surface area contributed by atoms with Gasteiger partial charge in [0.05, 0.1) is 12.7 Å². The van der Waals surface area contributed by atoms with Crippen molar-refractivity contribution < 1.29 is 9.47 Å². The average molecular weight is 322 g/mol. The minimum Gasteiger partial charge on any atom is -0.379 e. The summed E-state index contributed by atoms with van der Waals surface area (Å²) in [5.74, 6) is 0.940. The Morgan fingerprint density at radius 1 is 1.44 bits per heavy atom. The molecule has 0 aliphatic carbocycles. The molecule has 0 radical (unpaired) electrons. The number of hydrogen-bond acceptors (Lipinski definition) is 5. The Morgan fingerprint density at radius 3 is 3.11 bits per heavy atom. The molecule has 0 spiro atoms. The average Bonchev–Trinajstić information content (AvgIpc) is 2.88. The van der Waals surface area contributed by atoms with E-state index in [1.807, 2.05) is 0 Å². The van der Waals surface area contributed by atoms with Gasteiger partial charge in [0.2, 0.25) is 0 Å². The highest BCUT2D eigenvalue weighted by Gasteiger charge is 2.14. The van der Waals surface area contributed by atoms with Gasteiger partial charge in [0.15, 0.2) is 5.96 Å². The minimum atomic E-state index is 0. The summed E-state index contributed by atoms with van der Waals surface area (Å²) < 4.78 is 11.1. The van der Waals surface area contributed by atoms with Crippen LogP contribution in [0.3, 0.4) is 0 Å². The molecule has 5 nitrogen and oxygen atoms in total. The van der Waals surface area contributed by atoms with E-state index in [1.54, 1.807) is 0 Å². The van der Waals surface area contributed by atoms with Crippen LogP contribution in [0.5, 0.6) is 0 Å². The Balaban J connectivity index is 0.00000162. The number of rotatable bonds is 6. The maximum absolute atomic E-state index is 5.58. The molecule has 6 heteroatoms. The van der Waals surface area contributed by atoms with Crippen LogP contribution in [0.15, 0.2) is 4.99 Å². The molecule has 0 aromatic heterocycles. The zero-order valence-corrected chi connectivity index (χ0v) is 12.5. The molecular weight excluding hydrogens is 298 g/mol. The predicted octanol–water partition coefficient (Wildman–Crippen LogP) is 1.09. The molecule has 106 valence electrons. The molecule has 2 aliphatic rings. The van der Waals surface area contributed by atoms with E-state index in [4.69, 9.17) is 9.47 Å². The van der Waals surface area contributed by atoms with E-state index in [2.05, 4.69) is 15.6 Å². The molecule has 2 rings (SSSR count). The van der Waals surface area contributed by atoms with Crippen molar-refractivity contribution in [3.05, 3.63) is 0 Å². The van der Waals surface area contributed by atoms with Crippen molar-refractivity contribution in [2.45, 2.75) is 31.8 Å². The second kappa shape index (κ2) is 9.58. The Morgan fingerprint density at radius 2 is 2.39 bits per heavy atom. The van der Waals surface area contributed by atoms with E-state index < -0.39 is 0 Å². The third kappa shape index (κ3) is 6.02. The van der Waals surface area contributed by atoms with E-state index in [0.717, 1.165) is 64.7 Å². The minimum absolute atomic E-state index is 0. The lowest BCUT2D eigenvalue weighted by Gasteiger charge is -2.16. The van der Waals surface area contributed by atoms with Gasteiger partial charge in [-0.3, -0.25) is 4.99 Å². The molecular formula is C12H24BrN3O2. The van der Waals surface area contributed by atoms with Gasteiger partial charge in [-0.2, -0.15) is 0 Å². The van der Waals surface area contributed by atoms with Gasteiger partial charge in [0.25, 0.3) is 0 Å². The topological polar surface area (TPSA) is 54.9 Å². The molecule has 2 aliphatic heterocycles. The monoisotopic (exact) mass is 321 g/mol. The molecule has 0 amide bonds. The third-order valence-electron chi connectivity index (χ3n) is 2.98. The molecule has 1 saturated heterocycles. The molecule has 0 bridgehead atoms. The van der Waals surface area contributed by atoms with Crippen LogP contribution in [0.25, 0.3) is 0 Å². The number of aliphatic imine (C=N–C) groups is 1. The van der Waals surface area contributed by atoms with Crippen LogP contribution in [0.4, 0.5) is 0 Å². The quantitative estimate of drug-likeness (QED) is 0.719. The Hall–Kier alpha value is -0.330. The molecule has 18 heavy (non-hydrogen) atoms. The Bertz CT molecular complexity index is 245. The fourth-order valence-electron chi connectivity index (χ4n) is 2.02. The largest absolute Gasteiger partial charge is 0.379 e. The highest BCUT2D eigenvalue weighted by molar-refractivity contribution is 8.93. The molecule has 1 unspecified atom stereocenters. The van der Waals surface area contributed by atoms with E-state index >= 15 is 0 Å². The molecule has 0 aromatic carbocycles. The van der Waals surface area contributed by atoms with Crippen molar-refractivity contribution in [3.63, 3.8) is 0 Å². The van der Waals surface area contributed by atoms with Crippen molar-refractivity contribution in [1.82, 2.24) is 10.6 Å². The number of nitrogens with zero attached hydrogens (tertiary/aromatic N) is 1. The lowest BCUT2D eigenvalue weighted by molar-refractivity contribution is 0.0168.